The second-order valence-corrected chi connectivity index (χ2v) is 8.09. The van der Waals surface area contributed by atoms with Crippen LogP contribution in [0.4, 0.5) is 0 Å². The van der Waals surface area contributed by atoms with Crippen molar-refractivity contribution in [2.45, 2.75) is 44.1 Å². The highest BCUT2D eigenvalue weighted by molar-refractivity contribution is 5.94. The van der Waals surface area contributed by atoms with Crippen LogP contribution in [0.25, 0.3) is 11.2 Å². The molecule has 2 aliphatic rings. The fourth-order valence-corrected chi connectivity index (χ4v) is 4.85. The van der Waals surface area contributed by atoms with Crippen LogP contribution in [0.2, 0.25) is 0 Å². The molecule has 0 radical (unpaired) electrons. The van der Waals surface area contributed by atoms with Crippen molar-refractivity contribution in [1.29, 1.82) is 0 Å². The van der Waals surface area contributed by atoms with E-state index in [1.165, 1.54) is 25.7 Å². The first-order valence-electron chi connectivity index (χ1n) is 10.5. The van der Waals surface area contributed by atoms with Crippen LogP contribution < -0.4 is 4.74 Å². The molecule has 1 saturated heterocycles. The van der Waals surface area contributed by atoms with Crippen LogP contribution >= 0.6 is 0 Å². The Morgan fingerprint density at radius 1 is 1.14 bits per heavy atom. The minimum Gasteiger partial charge on any atom is -0.497 e. The van der Waals surface area contributed by atoms with E-state index < -0.39 is 0 Å². The summed E-state index contributed by atoms with van der Waals surface area (Å²) in [6.07, 6.45) is 7.70. The van der Waals surface area contributed by atoms with Crippen LogP contribution in [0.1, 0.15) is 60.2 Å². The first-order valence-corrected chi connectivity index (χ1v) is 10.5. The number of benzene rings is 1. The molecular formula is C23H26N4O2. The quantitative estimate of drug-likeness (QED) is 0.670. The highest BCUT2D eigenvalue weighted by atomic mass is 16.5. The van der Waals surface area contributed by atoms with Gasteiger partial charge in [0.15, 0.2) is 5.65 Å². The lowest BCUT2D eigenvalue weighted by Gasteiger charge is -2.20. The van der Waals surface area contributed by atoms with Gasteiger partial charge in [0.05, 0.1) is 13.2 Å². The summed E-state index contributed by atoms with van der Waals surface area (Å²) in [7, 11) is 1.62. The van der Waals surface area contributed by atoms with Gasteiger partial charge in [-0.2, -0.15) is 0 Å². The van der Waals surface area contributed by atoms with E-state index in [1.54, 1.807) is 7.11 Å². The maximum Gasteiger partial charge on any atom is 0.254 e. The summed E-state index contributed by atoms with van der Waals surface area (Å²) in [5.74, 6) is 2.44. The standard InChI is InChI=1S/C23H26N4O2/c1-29-19-9-4-8-17(14-19)23(28)26-13-11-18(15-26)27-21(16-6-2-3-7-16)25-20-10-5-12-24-22(20)27/h4-5,8-10,12,14,16,18H,2-3,6-7,11,13,15H2,1H3/t18-/m0/s1. The minimum absolute atomic E-state index is 0.0613. The van der Waals surface area contributed by atoms with E-state index in [-0.39, 0.29) is 11.9 Å². The summed E-state index contributed by atoms with van der Waals surface area (Å²) < 4.78 is 7.61. The third kappa shape index (κ3) is 3.26. The van der Waals surface area contributed by atoms with Crippen molar-refractivity contribution >= 4 is 17.1 Å². The number of ether oxygens (including phenoxy) is 1. The number of hydrogen-bond donors (Lipinski definition) is 0. The molecule has 2 fully saturated rings. The number of imidazole rings is 1. The van der Waals surface area contributed by atoms with Crippen LogP contribution in [-0.4, -0.2) is 45.5 Å². The van der Waals surface area contributed by atoms with Crippen LogP contribution in [0, 0.1) is 0 Å². The fourth-order valence-electron chi connectivity index (χ4n) is 4.85. The maximum absolute atomic E-state index is 13.1. The number of carbonyl (C=O) groups is 1. The van der Waals surface area contributed by atoms with Crippen LogP contribution in [-0.2, 0) is 0 Å². The Hall–Kier alpha value is -2.89. The molecule has 1 aromatic carbocycles. The summed E-state index contributed by atoms with van der Waals surface area (Å²) in [6, 6.07) is 11.6. The molecule has 0 N–H and O–H groups in total. The van der Waals surface area contributed by atoms with Crippen molar-refractivity contribution in [2.75, 3.05) is 20.2 Å². The van der Waals surface area contributed by atoms with Gasteiger partial charge in [-0.1, -0.05) is 18.9 Å². The number of nitrogens with zero attached hydrogens (tertiary/aromatic N) is 4. The van der Waals surface area contributed by atoms with Crippen molar-refractivity contribution in [3.8, 4) is 5.75 Å². The second-order valence-electron chi connectivity index (χ2n) is 8.09. The average Bonchev–Trinajstić information content (AvgIpc) is 3.51. The van der Waals surface area contributed by atoms with Crippen LogP contribution in [0.5, 0.6) is 5.75 Å². The summed E-state index contributed by atoms with van der Waals surface area (Å²) in [5.41, 5.74) is 2.59. The van der Waals surface area contributed by atoms with Gasteiger partial charge in [-0.3, -0.25) is 4.79 Å². The summed E-state index contributed by atoms with van der Waals surface area (Å²) >= 11 is 0. The molecule has 5 rings (SSSR count). The number of pyridine rings is 1. The molecule has 0 spiro atoms. The van der Waals surface area contributed by atoms with E-state index >= 15 is 0 Å². The lowest BCUT2D eigenvalue weighted by atomic mass is 10.1. The molecule has 1 aliphatic heterocycles. The molecule has 1 amide bonds. The highest BCUT2D eigenvalue weighted by Crippen LogP contribution is 2.38. The fraction of sp³-hybridized carbons (Fsp3) is 0.435. The van der Waals surface area contributed by atoms with Gasteiger partial charge < -0.3 is 14.2 Å². The van der Waals surface area contributed by atoms with Crippen molar-refractivity contribution in [2.24, 2.45) is 0 Å². The Morgan fingerprint density at radius 3 is 2.83 bits per heavy atom. The molecule has 29 heavy (non-hydrogen) atoms. The predicted molar refractivity (Wildman–Crippen MR) is 111 cm³/mol. The van der Waals surface area contributed by atoms with Crippen molar-refractivity contribution in [3.63, 3.8) is 0 Å². The lowest BCUT2D eigenvalue weighted by Crippen LogP contribution is -2.29. The Labute approximate surface area is 170 Å². The molecule has 0 bridgehead atoms. The first-order chi connectivity index (χ1) is 14.2. The van der Waals surface area contributed by atoms with Gasteiger partial charge in [0.25, 0.3) is 5.91 Å². The highest BCUT2D eigenvalue weighted by Gasteiger charge is 2.33. The number of fused-ring (bicyclic) bond motifs is 1. The van der Waals surface area contributed by atoms with Crippen molar-refractivity contribution < 1.29 is 9.53 Å². The first kappa shape index (κ1) is 18.2. The molecule has 150 valence electrons. The Morgan fingerprint density at radius 2 is 2.00 bits per heavy atom. The van der Waals surface area contributed by atoms with Gasteiger partial charge in [0, 0.05) is 30.8 Å². The Balaban J connectivity index is 1.44. The number of aromatic nitrogens is 3. The lowest BCUT2D eigenvalue weighted by molar-refractivity contribution is 0.0787. The average molecular weight is 390 g/mol. The normalized spacial score (nSPS) is 19.9. The molecule has 1 atom stereocenters. The Kier molecular flexibility index (Phi) is 4.70. The maximum atomic E-state index is 13.1. The van der Waals surface area contributed by atoms with E-state index in [4.69, 9.17) is 9.72 Å². The number of methoxy groups -OCH3 is 1. The number of likely N-dealkylation sites (tertiary alicyclic amines) is 1. The van der Waals surface area contributed by atoms with E-state index in [0.29, 0.717) is 23.8 Å². The summed E-state index contributed by atoms with van der Waals surface area (Å²) in [4.78, 5) is 24.6. The largest absolute Gasteiger partial charge is 0.497 e. The van der Waals surface area contributed by atoms with Crippen molar-refractivity contribution in [1.82, 2.24) is 19.4 Å². The van der Waals surface area contributed by atoms with Crippen LogP contribution in [0.3, 0.4) is 0 Å². The SMILES string of the molecule is COc1cccc(C(=O)N2CC[C@H](n3c(C4CCCC4)nc4cccnc43)C2)c1. The zero-order valence-corrected chi connectivity index (χ0v) is 16.8. The minimum atomic E-state index is 0.0613. The monoisotopic (exact) mass is 390 g/mol. The van der Waals surface area contributed by atoms with E-state index in [0.717, 1.165) is 30.0 Å². The van der Waals surface area contributed by atoms with E-state index in [9.17, 15) is 4.79 Å². The molecule has 1 saturated carbocycles. The van der Waals surface area contributed by atoms with Crippen molar-refractivity contribution in [3.05, 3.63) is 54.0 Å². The van der Waals surface area contributed by atoms with Crippen LogP contribution in [0.15, 0.2) is 42.6 Å². The summed E-state index contributed by atoms with van der Waals surface area (Å²) in [5, 5.41) is 0. The molecule has 2 aromatic heterocycles. The third-order valence-electron chi connectivity index (χ3n) is 6.33. The number of hydrogen-bond acceptors (Lipinski definition) is 4. The number of carbonyl (C=O) groups excluding carboxylic acids is 1. The topological polar surface area (TPSA) is 60.2 Å². The molecule has 3 aromatic rings. The number of rotatable bonds is 4. The third-order valence-corrected chi connectivity index (χ3v) is 6.33. The zero-order chi connectivity index (χ0) is 19.8. The van der Waals surface area contributed by atoms with Gasteiger partial charge in [0.1, 0.15) is 17.1 Å². The van der Waals surface area contributed by atoms with Gasteiger partial charge in [-0.25, -0.2) is 9.97 Å². The van der Waals surface area contributed by atoms with E-state index in [1.807, 2.05) is 47.5 Å². The Bertz CT molecular complexity index is 1040. The molecule has 1 aliphatic carbocycles. The smallest absolute Gasteiger partial charge is 0.254 e. The van der Waals surface area contributed by atoms with Gasteiger partial charge in [0.2, 0.25) is 0 Å². The molecule has 6 heteroatoms. The summed E-state index contributed by atoms with van der Waals surface area (Å²) in [6.45, 7) is 1.44. The predicted octanol–water partition coefficient (Wildman–Crippen LogP) is 4.18. The second kappa shape index (κ2) is 7.50. The van der Waals surface area contributed by atoms with E-state index in [2.05, 4.69) is 9.55 Å². The van der Waals surface area contributed by atoms with Gasteiger partial charge in [-0.05, 0) is 49.6 Å². The van der Waals surface area contributed by atoms with Gasteiger partial charge >= 0.3 is 0 Å². The molecule has 6 nitrogen and oxygen atoms in total. The zero-order valence-electron chi connectivity index (χ0n) is 16.8. The molecule has 0 unspecified atom stereocenters. The number of amides is 1. The molecule has 3 heterocycles. The van der Waals surface area contributed by atoms with Gasteiger partial charge in [-0.15, -0.1) is 0 Å². The molecular weight excluding hydrogens is 364 g/mol.